The molecule has 0 aromatic heterocycles. The van der Waals surface area contributed by atoms with Crippen LogP contribution in [0.25, 0.3) is 0 Å². The van der Waals surface area contributed by atoms with E-state index in [2.05, 4.69) is 0 Å². The third kappa shape index (κ3) is 3.85. The summed E-state index contributed by atoms with van der Waals surface area (Å²) in [5, 5.41) is 0. The van der Waals surface area contributed by atoms with Gasteiger partial charge in [0.1, 0.15) is 0 Å². The molecular weight excluding hydrogens is 294 g/mol. The molecule has 0 aromatic carbocycles. The van der Waals surface area contributed by atoms with Crippen LogP contribution in [0.15, 0.2) is 0 Å². The van der Waals surface area contributed by atoms with Gasteiger partial charge in [0.25, 0.3) is 0 Å². The van der Waals surface area contributed by atoms with Gasteiger partial charge in [0, 0.05) is 52.1 Å². The summed E-state index contributed by atoms with van der Waals surface area (Å²) >= 11 is 0. The zero-order valence-corrected chi connectivity index (χ0v) is 14.0. The first-order valence-electron chi connectivity index (χ1n) is 8.92. The van der Waals surface area contributed by atoms with Crippen LogP contribution in [0.2, 0.25) is 0 Å². The van der Waals surface area contributed by atoms with Crippen molar-refractivity contribution in [3.8, 4) is 0 Å². The van der Waals surface area contributed by atoms with Gasteiger partial charge in [-0.15, -0.1) is 0 Å². The van der Waals surface area contributed by atoms with Crippen LogP contribution >= 0.6 is 0 Å². The lowest BCUT2D eigenvalue weighted by molar-refractivity contribution is -0.136. The number of hydrogen-bond donors (Lipinski definition) is 0. The summed E-state index contributed by atoms with van der Waals surface area (Å²) in [6, 6.07) is 0. The number of nitrogens with zero attached hydrogens (tertiary/aromatic N) is 3. The van der Waals surface area contributed by atoms with E-state index in [1.54, 1.807) is 4.90 Å². The van der Waals surface area contributed by atoms with Crippen molar-refractivity contribution >= 4 is 17.7 Å². The highest BCUT2D eigenvalue weighted by Crippen LogP contribution is 2.33. The third-order valence-corrected chi connectivity index (χ3v) is 5.27. The first-order valence-corrected chi connectivity index (χ1v) is 8.92. The number of likely N-dealkylation sites (tertiary alicyclic amines) is 1. The SMILES string of the molecule is CCN1CC(C(=O)N2CCCN(C(=O)CC3CC3)CC2)CC1=O. The lowest BCUT2D eigenvalue weighted by Gasteiger charge is -2.24. The largest absolute Gasteiger partial charge is 0.342 e. The van der Waals surface area contributed by atoms with Crippen molar-refractivity contribution in [3.63, 3.8) is 0 Å². The van der Waals surface area contributed by atoms with E-state index in [-0.39, 0.29) is 23.6 Å². The molecule has 128 valence electrons. The first-order chi connectivity index (χ1) is 11.1. The highest BCUT2D eigenvalue weighted by atomic mass is 16.2. The maximum Gasteiger partial charge on any atom is 0.228 e. The Kier molecular flexibility index (Phi) is 4.87. The molecule has 2 aliphatic heterocycles. The summed E-state index contributed by atoms with van der Waals surface area (Å²) in [6.45, 7) is 5.85. The maximum absolute atomic E-state index is 12.7. The molecule has 0 spiro atoms. The number of rotatable bonds is 4. The summed E-state index contributed by atoms with van der Waals surface area (Å²) in [5.41, 5.74) is 0. The predicted molar refractivity (Wildman–Crippen MR) is 85.5 cm³/mol. The molecule has 1 aliphatic carbocycles. The molecule has 2 saturated heterocycles. The van der Waals surface area contributed by atoms with Crippen molar-refractivity contribution in [2.24, 2.45) is 11.8 Å². The van der Waals surface area contributed by atoms with Crippen LogP contribution < -0.4 is 0 Å². The zero-order chi connectivity index (χ0) is 16.4. The second-order valence-corrected chi connectivity index (χ2v) is 7.04. The summed E-state index contributed by atoms with van der Waals surface area (Å²) < 4.78 is 0. The van der Waals surface area contributed by atoms with Crippen molar-refractivity contribution in [3.05, 3.63) is 0 Å². The van der Waals surface area contributed by atoms with E-state index in [0.29, 0.717) is 51.5 Å². The van der Waals surface area contributed by atoms with Gasteiger partial charge in [0.15, 0.2) is 0 Å². The molecule has 6 nitrogen and oxygen atoms in total. The van der Waals surface area contributed by atoms with Crippen LogP contribution in [0.5, 0.6) is 0 Å². The van der Waals surface area contributed by atoms with E-state index < -0.39 is 0 Å². The van der Waals surface area contributed by atoms with Crippen molar-refractivity contribution in [2.45, 2.75) is 39.0 Å². The Labute approximate surface area is 137 Å². The highest BCUT2D eigenvalue weighted by molar-refractivity contribution is 5.89. The molecule has 2 heterocycles. The van der Waals surface area contributed by atoms with Gasteiger partial charge in [-0.1, -0.05) is 0 Å². The Hall–Kier alpha value is -1.59. The van der Waals surface area contributed by atoms with Gasteiger partial charge in [-0.3, -0.25) is 14.4 Å². The van der Waals surface area contributed by atoms with Crippen molar-refractivity contribution in [1.82, 2.24) is 14.7 Å². The van der Waals surface area contributed by atoms with E-state index in [1.807, 2.05) is 16.7 Å². The van der Waals surface area contributed by atoms with E-state index in [9.17, 15) is 14.4 Å². The molecule has 3 fully saturated rings. The smallest absolute Gasteiger partial charge is 0.228 e. The summed E-state index contributed by atoms with van der Waals surface area (Å²) in [5.74, 6) is 0.826. The van der Waals surface area contributed by atoms with Gasteiger partial charge < -0.3 is 14.7 Å². The van der Waals surface area contributed by atoms with Crippen LogP contribution in [0, 0.1) is 11.8 Å². The van der Waals surface area contributed by atoms with Crippen LogP contribution in [-0.2, 0) is 14.4 Å². The Bertz CT molecular complexity index is 489. The molecule has 1 saturated carbocycles. The Morgan fingerprint density at radius 3 is 2.43 bits per heavy atom. The highest BCUT2D eigenvalue weighted by Gasteiger charge is 2.36. The molecule has 6 heteroatoms. The van der Waals surface area contributed by atoms with Crippen LogP contribution in [-0.4, -0.2) is 71.7 Å². The molecule has 3 rings (SSSR count). The van der Waals surface area contributed by atoms with Crippen LogP contribution in [0.1, 0.15) is 39.0 Å². The fourth-order valence-corrected chi connectivity index (χ4v) is 3.59. The zero-order valence-electron chi connectivity index (χ0n) is 14.0. The maximum atomic E-state index is 12.7. The van der Waals surface area contributed by atoms with Gasteiger partial charge >= 0.3 is 0 Å². The Balaban J connectivity index is 1.52. The average Bonchev–Trinajstić information content (AvgIpc) is 3.31. The lowest BCUT2D eigenvalue weighted by atomic mass is 10.1. The lowest BCUT2D eigenvalue weighted by Crippen LogP contribution is -2.40. The van der Waals surface area contributed by atoms with Gasteiger partial charge in [0.2, 0.25) is 17.7 Å². The second kappa shape index (κ2) is 6.89. The minimum atomic E-state index is -0.198. The summed E-state index contributed by atoms with van der Waals surface area (Å²) in [7, 11) is 0. The first kappa shape index (κ1) is 16.3. The standard InChI is InChI=1S/C17H27N3O3/c1-2-18-12-14(11-16(18)22)17(23)20-7-3-6-19(8-9-20)15(21)10-13-4-5-13/h13-14H,2-12H2,1H3. The van der Waals surface area contributed by atoms with Gasteiger partial charge in [0.05, 0.1) is 5.92 Å². The molecule has 1 atom stereocenters. The molecule has 23 heavy (non-hydrogen) atoms. The van der Waals surface area contributed by atoms with Crippen molar-refractivity contribution in [2.75, 3.05) is 39.3 Å². The van der Waals surface area contributed by atoms with E-state index in [4.69, 9.17) is 0 Å². The second-order valence-electron chi connectivity index (χ2n) is 7.04. The van der Waals surface area contributed by atoms with Gasteiger partial charge in [-0.25, -0.2) is 0 Å². The Morgan fingerprint density at radius 1 is 1.09 bits per heavy atom. The van der Waals surface area contributed by atoms with E-state index >= 15 is 0 Å². The minimum Gasteiger partial charge on any atom is -0.342 e. The number of carbonyl (C=O) groups excluding carboxylic acids is 3. The molecule has 3 aliphatic rings. The van der Waals surface area contributed by atoms with E-state index in [0.717, 1.165) is 13.0 Å². The molecule has 0 radical (unpaired) electrons. The van der Waals surface area contributed by atoms with Crippen LogP contribution in [0.3, 0.4) is 0 Å². The number of hydrogen-bond acceptors (Lipinski definition) is 3. The summed E-state index contributed by atoms with van der Waals surface area (Å²) in [6.07, 6.45) is 4.23. The van der Waals surface area contributed by atoms with Gasteiger partial charge in [-0.05, 0) is 32.1 Å². The molecular formula is C17H27N3O3. The molecule has 0 bridgehead atoms. The normalized spacial score (nSPS) is 25.7. The fourth-order valence-electron chi connectivity index (χ4n) is 3.59. The average molecular weight is 321 g/mol. The topological polar surface area (TPSA) is 60.9 Å². The van der Waals surface area contributed by atoms with Gasteiger partial charge in [-0.2, -0.15) is 0 Å². The number of carbonyl (C=O) groups is 3. The number of amides is 3. The predicted octanol–water partition coefficient (Wildman–Crippen LogP) is 0.716. The Morgan fingerprint density at radius 2 is 1.78 bits per heavy atom. The molecule has 1 unspecified atom stereocenters. The fraction of sp³-hybridized carbons (Fsp3) is 0.824. The summed E-state index contributed by atoms with van der Waals surface area (Å²) in [4.78, 5) is 42.3. The molecule has 0 N–H and O–H groups in total. The molecule has 3 amide bonds. The van der Waals surface area contributed by atoms with Crippen molar-refractivity contribution in [1.29, 1.82) is 0 Å². The van der Waals surface area contributed by atoms with Crippen molar-refractivity contribution < 1.29 is 14.4 Å². The monoisotopic (exact) mass is 321 g/mol. The van der Waals surface area contributed by atoms with E-state index in [1.165, 1.54) is 12.8 Å². The third-order valence-electron chi connectivity index (χ3n) is 5.27. The quantitative estimate of drug-likeness (QED) is 0.766. The van der Waals surface area contributed by atoms with Crippen LogP contribution in [0.4, 0.5) is 0 Å². The minimum absolute atomic E-state index is 0.0851. The molecule has 0 aromatic rings.